The number of carbonyl (C=O) groups excluding carboxylic acids is 1. The number of nitrogens with zero attached hydrogens (tertiary/aromatic N) is 3. The molecule has 0 saturated carbocycles. The maximum atomic E-state index is 13.6. The van der Waals surface area contributed by atoms with Crippen LogP contribution in [0, 0.1) is 13.8 Å². The average Bonchev–Trinajstić information content (AvgIpc) is 3.50. The van der Waals surface area contributed by atoms with Crippen LogP contribution in [0.3, 0.4) is 0 Å². The first-order valence-electron chi connectivity index (χ1n) is 14.2. The number of aromatic nitrogens is 2. The minimum atomic E-state index is -4.46. The highest BCUT2D eigenvalue weighted by atomic mass is 32.1. The molecule has 0 bridgehead atoms. The number of thiocarbonyl (C=S) groups is 1. The second kappa shape index (κ2) is 11.8. The van der Waals surface area contributed by atoms with Crippen LogP contribution in [0.2, 0.25) is 0 Å². The summed E-state index contributed by atoms with van der Waals surface area (Å²) in [6.45, 7) is 4.09. The number of benzene rings is 3. The summed E-state index contributed by atoms with van der Waals surface area (Å²) in [6, 6.07) is 25.9. The predicted molar refractivity (Wildman–Crippen MR) is 170 cm³/mol. The van der Waals surface area contributed by atoms with Gasteiger partial charge in [0.15, 0.2) is 5.11 Å². The second-order valence-corrected chi connectivity index (χ2v) is 11.2. The Balaban J connectivity index is 1.32. The van der Waals surface area contributed by atoms with E-state index in [0.29, 0.717) is 17.3 Å². The first-order valence-corrected chi connectivity index (χ1v) is 14.6. The fourth-order valence-corrected chi connectivity index (χ4v) is 6.39. The third kappa shape index (κ3) is 5.65. The van der Waals surface area contributed by atoms with Gasteiger partial charge in [-0.2, -0.15) is 13.2 Å². The van der Waals surface area contributed by atoms with E-state index in [2.05, 4.69) is 15.6 Å². The molecule has 44 heavy (non-hydrogen) atoms. The van der Waals surface area contributed by atoms with Crippen LogP contribution in [0.5, 0.6) is 0 Å². The molecule has 6 nitrogen and oxygen atoms in total. The van der Waals surface area contributed by atoms with Crippen molar-refractivity contribution in [3.05, 3.63) is 125 Å². The molecule has 2 N–H and O–H groups in total. The summed E-state index contributed by atoms with van der Waals surface area (Å²) in [5, 5.41) is 8.91. The monoisotopic (exact) mass is 613 g/mol. The van der Waals surface area contributed by atoms with Gasteiger partial charge in [-0.15, -0.1) is 0 Å². The van der Waals surface area contributed by atoms with E-state index in [9.17, 15) is 18.0 Å². The van der Waals surface area contributed by atoms with Crippen LogP contribution in [0.4, 0.5) is 18.9 Å². The number of hydrogen-bond acceptors (Lipinski definition) is 3. The van der Waals surface area contributed by atoms with Crippen LogP contribution in [0.1, 0.15) is 46.7 Å². The number of fused-ring (bicyclic) bond motifs is 1. The van der Waals surface area contributed by atoms with Crippen molar-refractivity contribution < 1.29 is 18.0 Å². The largest absolute Gasteiger partial charge is 0.416 e. The van der Waals surface area contributed by atoms with Crippen molar-refractivity contribution in [2.45, 2.75) is 38.5 Å². The highest BCUT2D eigenvalue weighted by Crippen LogP contribution is 2.42. The van der Waals surface area contributed by atoms with E-state index in [-0.39, 0.29) is 24.4 Å². The summed E-state index contributed by atoms with van der Waals surface area (Å²) in [5.41, 5.74) is 3.67. The van der Waals surface area contributed by atoms with Crippen molar-refractivity contribution >= 4 is 39.7 Å². The summed E-state index contributed by atoms with van der Waals surface area (Å²) in [5.74, 6) is -0.154. The molecule has 0 spiro atoms. The predicted octanol–water partition coefficient (Wildman–Crippen LogP) is 7.66. The molecular weight excluding hydrogens is 583 g/mol. The van der Waals surface area contributed by atoms with E-state index in [1.807, 2.05) is 90.0 Å². The Hall–Kier alpha value is -4.70. The summed E-state index contributed by atoms with van der Waals surface area (Å²) in [7, 11) is 0. The van der Waals surface area contributed by atoms with Gasteiger partial charge in [0.2, 0.25) is 5.91 Å². The number of nitrogens with one attached hydrogen (secondary N) is 2. The van der Waals surface area contributed by atoms with Crippen LogP contribution in [0.25, 0.3) is 16.5 Å². The van der Waals surface area contributed by atoms with E-state index in [0.717, 1.165) is 51.2 Å². The average molecular weight is 614 g/mol. The zero-order valence-corrected chi connectivity index (χ0v) is 24.9. The van der Waals surface area contributed by atoms with Gasteiger partial charge in [-0.25, -0.2) is 0 Å². The van der Waals surface area contributed by atoms with Gasteiger partial charge in [0.25, 0.3) is 0 Å². The van der Waals surface area contributed by atoms with Crippen LogP contribution in [-0.2, 0) is 11.0 Å². The SMILES string of the molecule is Cc1cc([C@H]2[C@H](c3ccccn3)NC(=S)N2CCC(=O)Nc2cccc3ccccc23)c(C)n1-c1cccc(C(F)(F)F)c1. The molecule has 2 aromatic heterocycles. The van der Waals surface area contributed by atoms with Gasteiger partial charge in [-0.05, 0) is 79.5 Å². The Kier molecular flexibility index (Phi) is 7.85. The smallest absolute Gasteiger partial charge is 0.352 e. The van der Waals surface area contributed by atoms with Crippen LogP contribution in [-0.4, -0.2) is 32.0 Å². The third-order valence-electron chi connectivity index (χ3n) is 8.06. The third-order valence-corrected chi connectivity index (χ3v) is 8.41. The molecule has 2 atom stereocenters. The molecule has 5 aromatic rings. The van der Waals surface area contributed by atoms with E-state index >= 15 is 0 Å². The summed E-state index contributed by atoms with van der Waals surface area (Å²) < 4.78 is 42.5. The number of pyridine rings is 1. The maximum Gasteiger partial charge on any atom is 0.416 e. The van der Waals surface area contributed by atoms with Crippen molar-refractivity contribution in [2.75, 3.05) is 11.9 Å². The van der Waals surface area contributed by atoms with Gasteiger partial charge in [0, 0.05) is 47.3 Å². The van der Waals surface area contributed by atoms with Crippen LogP contribution >= 0.6 is 12.2 Å². The molecule has 0 unspecified atom stereocenters. The Morgan fingerprint density at radius 3 is 2.50 bits per heavy atom. The Bertz CT molecular complexity index is 1850. The first-order chi connectivity index (χ1) is 21.1. The van der Waals surface area contributed by atoms with Crippen molar-refractivity contribution in [2.24, 2.45) is 0 Å². The zero-order valence-electron chi connectivity index (χ0n) is 24.1. The second-order valence-electron chi connectivity index (χ2n) is 10.9. The van der Waals surface area contributed by atoms with E-state index < -0.39 is 11.7 Å². The number of alkyl halides is 3. The molecule has 1 fully saturated rings. The van der Waals surface area contributed by atoms with Crippen molar-refractivity contribution in [3.63, 3.8) is 0 Å². The number of rotatable bonds is 7. The van der Waals surface area contributed by atoms with Gasteiger partial charge in [-0.3, -0.25) is 9.78 Å². The molecule has 224 valence electrons. The molecule has 0 radical (unpaired) electrons. The van der Waals surface area contributed by atoms with Gasteiger partial charge in [0.1, 0.15) is 0 Å². The molecule has 10 heteroatoms. The standard InChI is InChI=1S/C34H30F3N5OS/c1-21-19-27(22(2)42(21)25-12-8-11-24(20-25)34(35,36)37)32-31(29-14-5-6-17-38-29)40-33(44)41(32)18-16-30(43)39-28-15-7-10-23-9-3-4-13-26(23)28/h3-15,17,19-20,31-32H,16,18H2,1-2H3,(H,39,43)(H,40,44)/t31-,32-/m0/s1. The Morgan fingerprint density at radius 2 is 1.73 bits per heavy atom. The minimum absolute atomic E-state index is 0.154. The topological polar surface area (TPSA) is 62.2 Å². The number of aryl methyl sites for hydroxylation is 1. The summed E-state index contributed by atoms with van der Waals surface area (Å²) >= 11 is 5.80. The van der Waals surface area contributed by atoms with E-state index in [1.165, 1.54) is 6.07 Å². The fourth-order valence-electron chi connectivity index (χ4n) is 6.06. The maximum absolute atomic E-state index is 13.6. The number of anilines is 1. The molecule has 1 aliphatic heterocycles. The lowest BCUT2D eigenvalue weighted by Crippen LogP contribution is -2.33. The van der Waals surface area contributed by atoms with Crippen molar-refractivity contribution in [3.8, 4) is 5.69 Å². The zero-order chi connectivity index (χ0) is 31.0. The number of halogens is 3. The Labute approximate surface area is 258 Å². The van der Waals surface area contributed by atoms with Gasteiger partial charge >= 0.3 is 6.18 Å². The van der Waals surface area contributed by atoms with Crippen LogP contribution in [0.15, 0.2) is 97.2 Å². The molecular formula is C34H30F3N5OS. The number of carbonyl (C=O) groups is 1. The molecule has 6 rings (SSSR count). The van der Waals surface area contributed by atoms with Gasteiger partial charge < -0.3 is 20.1 Å². The summed E-state index contributed by atoms with van der Waals surface area (Å²) in [4.78, 5) is 19.8. The molecule has 1 aliphatic rings. The fraction of sp³-hybridized carbons (Fsp3) is 0.206. The molecule has 1 saturated heterocycles. The number of hydrogen-bond donors (Lipinski definition) is 2. The summed E-state index contributed by atoms with van der Waals surface area (Å²) in [6.07, 6.45) is -2.57. The quantitative estimate of drug-likeness (QED) is 0.185. The first kappa shape index (κ1) is 29.4. The lowest BCUT2D eigenvalue weighted by molar-refractivity contribution is -0.137. The molecule has 3 heterocycles. The molecule has 0 aliphatic carbocycles. The minimum Gasteiger partial charge on any atom is -0.352 e. The highest BCUT2D eigenvalue weighted by molar-refractivity contribution is 7.80. The highest BCUT2D eigenvalue weighted by Gasteiger charge is 2.41. The van der Waals surface area contributed by atoms with E-state index in [4.69, 9.17) is 12.2 Å². The Morgan fingerprint density at radius 1 is 0.977 bits per heavy atom. The van der Waals surface area contributed by atoms with Gasteiger partial charge in [-0.1, -0.05) is 48.5 Å². The van der Waals surface area contributed by atoms with Crippen molar-refractivity contribution in [1.82, 2.24) is 19.8 Å². The van der Waals surface area contributed by atoms with E-state index in [1.54, 1.807) is 12.3 Å². The number of amides is 1. The van der Waals surface area contributed by atoms with Gasteiger partial charge in [0.05, 0.1) is 23.3 Å². The molecule has 1 amide bonds. The molecule has 3 aromatic carbocycles. The van der Waals surface area contributed by atoms with Crippen molar-refractivity contribution in [1.29, 1.82) is 0 Å². The lowest BCUT2D eigenvalue weighted by atomic mass is 9.96. The van der Waals surface area contributed by atoms with Crippen LogP contribution < -0.4 is 10.6 Å². The lowest BCUT2D eigenvalue weighted by Gasteiger charge is -2.28. The normalized spacial score (nSPS) is 16.8.